The largest absolute Gasteiger partial charge is 0.494 e. The quantitative estimate of drug-likeness (QED) is 0.199. The molecule has 0 spiro atoms. The Labute approximate surface area is 249 Å². The Hall–Kier alpha value is -5.67. The second-order valence-electron chi connectivity index (χ2n) is 10.6. The topological polar surface area (TPSA) is 90.4 Å². The average Bonchev–Trinajstić information content (AvgIpc) is 3.85. The van der Waals surface area contributed by atoms with Crippen LogP contribution in [0.2, 0.25) is 0 Å². The lowest BCUT2D eigenvalue weighted by Gasteiger charge is -2.08. The highest BCUT2D eigenvalue weighted by molar-refractivity contribution is 5.93. The van der Waals surface area contributed by atoms with Crippen LogP contribution in [-0.2, 0) is 0 Å². The lowest BCUT2D eigenvalue weighted by molar-refractivity contribution is 0.309. The van der Waals surface area contributed by atoms with E-state index in [1.807, 2.05) is 54.6 Å². The molecule has 3 aromatic heterocycles. The fraction of sp³-hybridized carbons (Fsp3) is 0.108. The van der Waals surface area contributed by atoms with Crippen LogP contribution in [0.5, 0.6) is 5.75 Å². The molecule has 0 fully saturated rings. The van der Waals surface area contributed by atoms with E-state index in [-0.39, 0.29) is 0 Å². The Morgan fingerprint density at radius 3 is 1.72 bits per heavy atom. The number of benzene rings is 2. The van der Waals surface area contributed by atoms with Crippen LogP contribution in [-0.4, -0.2) is 26.5 Å². The molecule has 0 amide bonds. The van der Waals surface area contributed by atoms with Crippen LogP contribution in [0.4, 0.5) is 0 Å². The van der Waals surface area contributed by atoms with Gasteiger partial charge in [0.1, 0.15) is 5.75 Å². The van der Waals surface area contributed by atoms with Gasteiger partial charge in [-0.15, -0.1) is 0 Å². The molecule has 0 unspecified atom stereocenters. The molecule has 6 nitrogen and oxygen atoms in total. The van der Waals surface area contributed by atoms with E-state index in [4.69, 9.17) is 14.7 Å². The van der Waals surface area contributed by atoms with Crippen LogP contribution in [0.3, 0.4) is 0 Å². The van der Waals surface area contributed by atoms with Gasteiger partial charge in [-0.2, -0.15) is 5.26 Å². The fourth-order valence-electron chi connectivity index (χ4n) is 5.44. The first-order valence-electron chi connectivity index (χ1n) is 14.5. The van der Waals surface area contributed by atoms with Gasteiger partial charge in [0.15, 0.2) is 0 Å². The van der Waals surface area contributed by atoms with Crippen LogP contribution in [0, 0.1) is 11.3 Å². The molecule has 0 saturated carbocycles. The number of hydrogen-bond donors (Lipinski definition) is 2. The summed E-state index contributed by atoms with van der Waals surface area (Å²) in [7, 11) is 0. The zero-order valence-electron chi connectivity index (χ0n) is 23.8. The third kappa shape index (κ3) is 5.37. The van der Waals surface area contributed by atoms with E-state index in [2.05, 4.69) is 77.6 Å². The minimum absolute atomic E-state index is 0.621. The number of aromatic nitrogens is 4. The van der Waals surface area contributed by atoms with Crippen molar-refractivity contribution in [2.24, 2.45) is 0 Å². The van der Waals surface area contributed by atoms with E-state index < -0.39 is 0 Å². The Morgan fingerprint density at radius 2 is 1.21 bits per heavy atom. The van der Waals surface area contributed by atoms with E-state index in [0.29, 0.717) is 5.56 Å². The molecule has 2 N–H and O–H groups in total. The van der Waals surface area contributed by atoms with Crippen molar-refractivity contribution in [1.29, 1.82) is 5.26 Å². The molecule has 7 rings (SSSR count). The third-order valence-corrected chi connectivity index (χ3v) is 7.61. The molecular formula is C37H29N5O. The van der Waals surface area contributed by atoms with Gasteiger partial charge in [-0.3, -0.25) is 0 Å². The third-order valence-electron chi connectivity index (χ3n) is 7.61. The SMILES string of the molecule is CCCCOc1ccc(-c2c3nc(cc4ccc([nH]4)c(-c4ccc(C#N)cc4)c4nc(cc5ccc2[nH]5)C=C4)C=C3)cc1. The smallest absolute Gasteiger partial charge is 0.119 e. The monoisotopic (exact) mass is 559 g/mol. The maximum absolute atomic E-state index is 9.31. The number of unbranched alkanes of at least 4 members (excludes halogenated alkanes) is 1. The molecular weight excluding hydrogens is 530 g/mol. The highest BCUT2D eigenvalue weighted by atomic mass is 16.5. The molecule has 5 heterocycles. The van der Waals surface area contributed by atoms with Crippen LogP contribution in [0.1, 0.15) is 48.1 Å². The summed E-state index contributed by atoms with van der Waals surface area (Å²) in [5, 5.41) is 9.31. The standard InChI is InChI=1S/C37H29N5O/c1-2-3-20-43-31-14-8-26(9-15-31)37-34-18-12-29(41-34)21-27-10-16-32(39-27)36(25-6-4-24(23-38)5-7-25)33-17-11-28(40-33)22-30-13-19-35(37)42-30/h4-19,21-22,39,42H,2-3,20H2,1H3. The van der Waals surface area contributed by atoms with Gasteiger partial charge in [0.25, 0.3) is 0 Å². The molecule has 2 aliphatic heterocycles. The van der Waals surface area contributed by atoms with Crippen molar-refractivity contribution in [3.05, 3.63) is 113 Å². The van der Waals surface area contributed by atoms with Crippen LogP contribution >= 0.6 is 0 Å². The van der Waals surface area contributed by atoms with Crippen molar-refractivity contribution in [1.82, 2.24) is 19.9 Å². The number of H-pyrrole nitrogens is 2. The van der Waals surface area contributed by atoms with Crippen LogP contribution in [0.15, 0.2) is 84.9 Å². The van der Waals surface area contributed by atoms with Crippen molar-refractivity contribution in [2.45, 2.75) is 19.8 Å². The number of hydrogen-bond acceptors (Lipinski definition) is 4. The van der Waals surface area contributed by atoms with Crippen molar-refractivity contribution in [2.75, 3.05) is 6.61 Å². The summed E-state index contributed by atoms with van der Waals surface area (Å²) >= 11 is 0. The summed E-state index contributed by atoms with van der Waals surface area (Å²) in [6, 6.07) is 30.5. The Bertz CT molecular complexity index is 2090. The van der Waals surface area contributed by atoms with Gasteiger partial charge in [-0.25, -0.2) is 9.97 Å². The number of fused-ring (bicyclic) bond motifs is 8. The molecule has 2 aromatic carbocycles. The lowest BCUT2D eigenvalue weighted by atomic mass is 10.0. The predicted octanol–water partition coefficient (Wildman–Crippen LogP) is 9.04. The summed E-state index contributed by atoms with van der Waals surface area (Å²) in [5.41, 5.74) is 11.9. The highest BCUT2D eigenvalue weighted by Crippen LogP contribution is 2.33. The van der Waals surface area contributed by atoms with E-state index in [0.717, 1.165) is 92.3 Å². The molecule has 0 aliphatic carbocycles. The Balaban J connectivity index is 1.44. The Kier molecular flexibility index (Phi) is 6.90. The van der Waals surface area contributed by atoms with Gasteiger partial charge in [-0.05, 0) is 103 Å². The van der Waals surface area contributed by atoms with Gasteiger partial charge >= 0.3 is 0 Å². The van der Waals surface area contributed by atoms with Crippen molar-refractivity contribution in [3.63, 3.8) is 0 Å². The molecule has 0 radical (unpaired) electrons. The summed E-state index contributed by atoms with van der Waals surface area (Å²) in [6.07, 6.45) is 10.3. The van der Waals surface area contributed by atoms with Crippen molar-refractivity contribution < 1.29 is 4.74 Å². The first kappa shape index (κ1) is 26.2. The molecule has 0 saturated heterocycles. The molecule has 43 heavy (non-hydrogen) atoms. The molecule has 208 valence electrons. The van der Waals surface area contributed by atoms with E-state index in [9.17, 15) is 5.26 Å². The Morgan fingerprint density at radius 1 is 0.674 bits per heavy atom. The number of nitriles is 1. The number of ether oxygens (including phenoxy) is 1. The van der Waals surface area contributed by atoms with Crippen LogP contribution in [0.25, 0.3) is 68.6 Å². The maximum atomic E-state index is 9.31. The first-order chi connectivity index (χ1) is 21.2. The van der Waals surface area contributed by atoms with Gasteiger partial charge < -0.3 is 14.7 Å². The van der Waals surface area contributed by atoms with Gasteiger partial charge in [0.05, 0.1) is 41.0 Å². The van der Waals surface area contributed by atoms with E-state index in [1.54, 1.807) is 0 Å². The summed E-state index contributed by atoms with van der Waals surface area (Å²) in [5.74, 6) is 0.869. The van der Waals surface area contributed by atoms with E-state index in [1.165, 1.54) is 0 Å². The lowest BCUT2D eigenvalue weighted by Crippen LogP contribution is -1.96. The molecule has 5 aromatic rings. The minimum atomic E-state index is 0.621. The number of nitrogens with one attached hydrogen (secondary N) is 2. The minimum Gasteiger partial charge on any atom is -0.494 e. The number of nitrogens with zero attached hydrogens (tertiary/aromatic N) is 3. The van der Waals surface area contributed by atoms with Crippen molar-refractivity contribution >= 4 is 46.4 Å². The van der Waals surface area contributed by atoms with Crippen molar-refractivity contribution in [3.8, 4) is 34.1 Å². The molecule has 0 atom stereocenters. The summed E-state index contributed by atoms with van der Waals surface area (Å²) in [6.45, 7) is 2.88. The molecule has 2 aliphatic rings. The van der Waals surface area contributed by atoms with Crippen LogP contribution < -0.4 is 4.74 Å². The molecule has 8 bridgehead atoms. The summed E-state index contributed by atoms with van der Waals surface area (Å²) in [4.78, 5) is 17.2. The molecule has 6 heteroatoms. The first-order valence-corrected chi connectivity index (χ1v) is 14.5. The average molecular weight is 560 g/mol. The van der Waals surface area contributed by atoms with E-state index >= 15 is 0 Å². The summed E-state index contributed by atoms with van der Waals surface area (Å²) < 4.78 is 5.91. The second-order valence-corrected chi connectivity index (χ2v) is 10.6. The zero-order chi connectivity index (χ0) is 29.2. The number of rotatable bonds is 6. The second kappa shape index (κ2) is 11.3. The fourth-order valence-corrected chi connectivity index (χ4v) is 5.44. The predicted molar refractivity (Wildman–Crippen MR) is 175 cm³/mol. The van der Waals surface area contributed by atoms with Gasteiger partial charge in [-0.1, -0.05) is 37.6 Å². The number of aromatic amines is 2. The highest BCUT2D eigenvalue weighted by Gasteiger charge is 2.13. The maximum Gasteiger partial charge on any atom is 0.119 e. The normalized spacial score (nSPS) is 11.9. The van der Waals surface area contributed by atoms with Gasteiger partial charge in [0, 0.05) is 33.2 Å². The van der Waals surface area contributed by atoms with Gasteiger partial charge in [0.2, 0.25) is 0 Å². The zero-order valence-corrected chi connectivity index (χ0v) is 23.8.